The molecule has 2 aromatic rings. The first-order valence-electron chi connectivity index (χ1n) is 6.83. The Morgan fingerprint density at radius 2 is 1.95 bits per heavy atom. The van der Waals surface area contributed by atoms with Crippen LogP contribution in [0.4, 0.5) is 5.69 Å². The number of aromatic nitrogens is 1. The smallest absolute Gasteiger partial charge is 0.408 e. The van der Waals surface area contributed by atoms with Crippen LogP contribution >= 0.6 is 12.4 Å². The molecule has 20 heavy (non-hydrogen) atoms. The van der Waals surface area contributed by atoms with Crippen LogP contribution in [0, 0.1) is 5.41 Å². The van der Waals surface area contributed by atoms with Crippen molar-refractivity contribution >= 4 is 29.2 Å². The second kappa shape index (κ2) is 4.82. The van der Waals surface area contributed by atoms with Crippen LogP contribution < -0.4 is 16.0 Å². The van der Waals surface area contributed by atoms with E-state index in [2.05, 4.69) is 21.3 Å². The second-order valence-corrected chi connectivity index (χ2v) is 5.80. The topological polar surface area (TPSA) is 61.3 Å². The predicted octanol–water partition coefficient (Wildman–Crippen LogP) is 1.73. The molecule has 2 N–H and O–H groups in total. The molecule has 2 fully saturated rings. The predicted molar refractivity (Wildman–Crippen MR) is 80.8 cm³/mol. The number of H-pyrrole nitrogens is 1. The third-order valence-electron chi connectivity index (χ3n) is 4.49. The molecule has 2 aliphatic rings. The average Bonchev–Trinajstić information content (AvgIpc) is 2.76. The summed E-state index contributed by atoms with van der Waals surface area (Å²) in [4.78, 5) is 16.2. The van der Waals surface area contributed by atoms with Gasteiger partial charge in [0.25, 0.3) is 0 Å². The Hall–Kier alpha value is -1.46. The van der Waals surface area contributed by atoms with Crippen molar-refractivity contribution in [3.8, 4) is 0 Å². The molecule has 0 unspecified atom stereocenters. The Kier molecular flexibility index (Phi) is 3.26. The van der Waals surface area contributed by atoms with Crippen molar-refractivity contribution in [1.82, 2.24) is 10.3 Å². The number of piperidine rings is 1. The number of hydrogen-bond donors (Lipinski definition) is 2. The van der Waals surface area contributed by atoms with E-state index in [0.717, 1.165) is 37.4 Å². The minimum Gasteiger partial charge on any atom is -0.408 e. The molecule has 0 saturated carbocycles. The number of hydrogen-bond acceptors (Lipinski definition) is 4. The van der Waals surface area contributed by atoms with Crippen LogP contribution in [-0.4, -0.2) is 31.2 Å². The first-order chi connectivity index (χ1) is 9.24. The quantitative estimate of drug-likeness (QED) is 0.841. The number of aromatic amines is 1. The average molecular weight is 296 g/mol. The highest BCUT2D eigenvalue weighted by molar-refractivity contribution is 5.85. The van der Waals surface area contributed by atoms with Crippen molar-refractivity contribution in [3.05, 3.63) is 28.7 Å². The summed E-state index contributed by atoms with van der Waals surface area (Å²) in [5.41, 5.74) is 3.08. The van der Waals surface area contributed by atoms with Gasteiger partial charge in [-0.1, -0.05) is 0 Å². The Balaban J connectivity index is 0.00000121. The zero-order valence-corrected chi connectivity index (χ0v) is 12.0. The van der Waals surface area contributed by atoms with Gasteiger partial charge in [0.1, 0.15) is 0 Å². The lowest BCUT2D eigenvalue weighted by molar-refractivity contribution is 0.150. The number of oxazole rings is 1. The van der Waals surface area contributed by atoms with Crippen LogP contribution in [-0.2, 0) is 0 Å². The van der Waals surface area contributed by atoms with E-state index in [0.29, 0.717) is 11.0 Å². The minimum absolute atomic E-state index is 0. The number of rotatable bonds is 1. The Labute approximate surface area is 122 Å². The van der Waals surface area contributed by atoms with Crippen LogP contribution in [0.3, 0.4) is 0 Å². The summed E-state index contributed by atoms with van der Waals surface area (Å²) in [5, 5.41) is 3.42. The Morgan fingerprint density at radius 3 is 2.70 bits per heavy atom. The lowest BCUT2D eigenvalue weighted by atomic mass is 9.72. The minimum atomic E-state index is -0.384. The first kappa shape index (κ1) is 13.5. The van der Waals surface area contributed by atoms with E-state index in [1.807, 2.05) is 12.1 Å². The molecule has 4 rings (SSSR count). The fraction of sp³-hybridized carbons (Fsp3) is 0.500. The van der Waals surface area contributed by atoms with Crippen LogP contribution in [0.2, 0.25) is 0 Å². The van der Waals surface area contributed by atoms with Crippen molar-refractivity contribution in [2.45, 2.75) is 12.8 Å². The largest absolute Gasteiger partial charge is 0.417 e. The molecule has 108 valence electrons. The molecular weight excluding hydrogens is 278 g/mol. The van der Waals surface area contributed by atoms with Gasteiger partial charge in [-0.2, -0.15) is 0 Å². The van der Waals surface area contributed by atoms with Crippen molar-refractivity contribution in [2.24, 2.45) is 5.41 Å². The summed E-state index contributed by atoms with van der Waals surface area (Å²) in [6, 6.07) is 5.94. The molecule has 5 nitrogen and oxygen atoms in total. The zero-order valence-electron chi connectivity index (χ0n) is 11.1. The van der Waals surface area contributed by atoms with Gasteiger partial charge in [-0.3, -0.25) is 4.98 Å². The highest BCUT2D eigenvalue weighted by atomic mass is 35.5. The molecule has 6 heteroatoms. The lowest BCUT2D eigenvalue weighted by Crippen LogP contribution is -2.60. The summed E-state index contributed by atoms with van der Waals surface area (Å²) in [7, 11) is 0. The maximum Gasteiger partial charge on any atom is 0.417 e. The number of halogens is 1. The number of anilines is 1. The Morgan fingerprint density at radius 1 is 1.20 bits per heavy atom. The number of nitrogens with one attached hydrogen (secondary N) is 2. The normalized spacial score (nSPS) is 20.7. The van der Waals surface area contributed by atoms with E-state index >= 15 is 0 Å². The van der Waals surface area contributed by atoms with Crippen molar-refractivity contribution < 1.29 is 4.42 Å². The van der Waals surface area contributed by atoms with Gasteiger partial charge in [-0.05, 0) is 38.1 Å². The molecule has 0 radical (unpaired) electrons. The van der Waals surface area contributed by atoms with Gasteiger partial charge in [0, 0.05) is 30.3 Å². The zero-order chi connectivity index (χ0) is 12.9. The van der Waals surface area contributed by atoms with E-state index in [-0.39, 0.29) is 18.2 Å². The van der Waals surface area contributed by atoms with E-state index in [1.54, 1.807) is 0 Å². The molecule has 1 aromatic heterocycles. The van der Waals surface area contributed by atoms with Gasteiger partial charge in [-0.25, -0.2) is 4.79 Å². The van der Waals surface area contributed by atoms with Crippen LogP contribution in [0.1, 0.15) is 12.8 Å². The number of nitrogens with zero attached hydrogens (tertiary/aromatic N) is 1. The van der Waals surface area contributed by atoms with Gasteiger partial charge >= 0.3 is 5.76 Å². The molecule has 1 aromatic carbocycles. The molecule has 0 bridgehead atoms. The van der Waals surface area contributed by atoms with E-state index < -0.39 is 0 Å². The fourth-order valence-electron chi connectivity index (χ4n) is 3.35. The highest BCUT2D eigenvalue weighted by Crippen LogP contribution is 2.41. The maximum absolute atomic E-state index is 11.2. The fourth-order valence-corrected chi connectivity index (χ4v) is 3.35. The second-order valence-electron chi connectivity index (χ2n) is 5.80. The summed E-state index contributed by atoms with van der Waals surface area (Å²) in [5.74, 6) is -0.384. The summed E-state index contributed by atoms with van der Waals surface area (Å²) in [6.07, 6.45) is 2.54. The number of fused-ring (bicyclic) bond motifs is 1. The van der Waals surface area contributed by atoms with Crippen molar-refractivity contribution in [2.75, 3.05) is 31.1 Å². The van der Waals surface area contributed by atoms with E-state index in [1.165, 1.54) is 12.8 Å². The van der Waals surface area contributed by atoms with E-state index in [4.69, 9.17) is 4.42 Å². The van der Waals surface area contributed by atoms with Crippen molar-refractivity contribution in [3.63, 3.8) is 0 Å². The Bertz CT molecular complexity index is 664. The van der Waals surface area contributed by atoms with Gasteiger partial charge in [0.2, 0.25) is 0 Å². The van der Waals surface area contributed by atoms with Crippen LogP contribution in [0.5, 0.6) is 0 Å². The highest BCUT2D eigenvalue weighted by Gasteiger charge is 2.43. The standard InChI is InChI=1S/C14H17N3O2.ClH/c18-13-16-11-2-1-10(7-12(11)19-13)17-8-14(9-17)3-5-15-6-4-14;/h1-2,7,15H,3-6,8-9H2,(H,16,18);1H. The molecular formula is C14H18ClN3O2. The molecule has 1 spiro atoms. The molecule has 2 aliphatic heterocycles. The van der Waals surface area contributed by atoms with Crippen LogP contribution in [0.15, 0.2) is 27.4 Å². The number of benzene rings is 1. The monoisotopic (exact) mass is 295 g/mol. The molecule has 2 saturated heterocycles. The van der Waals surface area contributed by atoms with Crippen molar-refractivity contribution in [1.29, 1.82) is 0 Å². The van der Waals surface area contributed by atoms with Crippen LogP contribution in [0.25, 0.3) is 11.1 Å². The van der Waals surface area contributed by atoms with Gasteiger partial charge in [0.15, 0.2) is 5.58 Å². The lowest BCUT2D eigenvalue weighted by Gasteiger charge is -2.53. The summed E-state index contributed by atoms with van der Waals surface area (Å²) >= 11 is 0. The third-order valence-corrected chi connectivity index (χ3v) is 4.49. The SMILES string of the molecule is Cl.O=c1[nH]c2ccc(N3CC4(CCNCC4)C3)cc2o1. The van der Waals surface area contributed by atoms with Gasteiger partial charge in [-0.15, -0.1) is 12.4 Å². The van der Waals surface area contributed by atoms with Gasteiger partial charge in [0.05, 0.1) is 5.52 Å². The first-order valence-corrected chi connectivity index (χ1v) is 6.83. The van der Waals surface area contributed by atoms with Gasteiger partial charge < -0.3 is 14.6 Å². The molecule has 3 heterocycles. The molecule has 0 atom stereocenters. The summed E-state index contributed by atoms with van der Waals surface area (Å²) in [6.45, 7) is 4.52. The molecule has 0 amide bonds. The summed E-state index contributed by atoms with van der Waals surface area (Å²) < 4.78 is 5.12. The molecule has 0 aliphatic carbocycles. The maximum atomic E-state index is 11.2. The third kappa shape index (κ3) is 2.11. The van der Waals surface area contributed by atoms with E-state index in [9.17, 15) is 4.79 Å².